The number of nitriles is 1. The molecule has 0 radical (unpaired) electrons. The molecule has 9 heavy (non-hydrogen) atoms. The molecule has 1 aliphatic rings. The van der Waals surface area contributed by atoms with Gasteiger partial charge in [0.2, 0.25) is 0 Å². The van der Waals surface area contributed by atoms with Crippen LogP contribution in [0.15, 0.2) is 11.6 Å². The zero-order chi connectivity index (χ0) is 6.69. The van der Waals surface area contributed by atoms with Gasteiger partial charge in [-0.3, -0.25) is 0 Å². The van der Waals surface area contributed by atoms with E-state index in [1.807, 2.05) is 6.07 Å². The van der Waals surface area contributed by atoms with Crippen molar-refractivity contribution in [2.75, 3.05) is 0 Å². The quantitative estimate of drug-likeness (QED) is 0.454. The van der Waals surface area contributed by atoms with Crippen LogP contribution in [-0.4, -0.2) is 6.17 Å². The van der Waals surface area contributed by atoms with Gasteiger partial charge in [0.15, 0.2) is 0 Å². The second kappa shape index (κ2) is 2.63. The van der Waals surface area contributed by atoms with E-state index in [0.29, 0.717) is 12.0 Å². The number of rotatable bonds is 0. The average molecular weight is 125 g/mol. The molecule has 0 N–H and O–H groups in total. The minimum absolute atomic E-state index is 0.605. The van der Waals surface area contributed by atoms with Crippen LogP contribution in [-0.2, 0) is 0 Å². The molecule has 1 rings (SSSR count). The van der Waals surface area contributed by atoms with Gasteiger partial charge in [-0.25, -0.2) is 4.39 Å². The summed E-state index contributed by atoms with van der Waals surface area (Å²) < 4.78 is 12.6. The van der Waals surface area contributed by atoms with Crippen molar-refractivity contribution in [3.05, 3.63) is 11.6 Å². The lowest BCUT2D eigenvalue weighted by molar-refractivity contribution is 0.390. The van der Waals surface area contributed by atoms with Gasteiger partial charge < -0.3 is 0 Å². The second-order valence-electron chi connectivity index (χ2n) is 2.21. The maximum atomic E-state index is 12.6. The summed E-state index contributed by atoms with van der Waals surface area (Å²) in [5.41, 5.74) is 0.678. The van der Waals surface area contributed by atoms with Crippen LogP contribution in [0.25, 0.3) is 0 Å². The van der Waals surface area contributed by atoms with Crippen molar-refractivity contribution >= 4 is 0 Å². The minimum atomic E-state index is -0.829. The highest BCUT2D eigenvalue weighted by Crippen LogP contribution is 2.26. The summed E-state index contributed by atoms with van der Waals surface area (Å²) in [7, 11) is 0. The molecule has 1 saturated carbocycles. The largest absolute Gasteiger partial charge is 0.243 e. The topological polar surface area (TPSA) is 23.8 Å². The number of alkyl halides is 1. The SMILES string of the molecule is N#C/C=C1\CCCC1F. The van der Waals surface area contributed by atoms with Gasteiger partial charge in [-0.05, 0) is 24.8 Å². The van der Waals surface area contributed by atoms with Gasteiger partial charge in [-0.2, -0.15) is 5.26 Å². The first-order valence-corrected chi connectivity index (χ1v) is 3.07. The maximum absolute atomic E-state index is 12.6. The molecule has 1 nitrogen and oxygen atoms in total. The monoisotopic (exact) mass is 125 g/mol. The molecule has 1 aliphatic carbocycles. The van der Waals surface area contributed by atoms with Crippen LogP contribution < -0.4 is 0 Å². The molecule has 0 heterocycles. The van der Waals surface area contributed by atoms with Crippen molar-refractivity contribution in [1.29, 1.82) is 5.26 Å². The van der Waals surface area contributed by atoms with Crippen molar-refractivity contribution < 1.29 is 4.39 Å². The van der Waals surface area contributed by atoms with E-state index in [0.717, 1.165) is 12.8 Å². The predicted molar refractivity (Wildman–Crippen MR) is 32.4 cm³/mol. The van der Waals surface area contributed by atoms with Crippen molar-refractivity contribution in [2.24, 2.45) is 0 Å². The lowest BCUT2D eigenvalue weighted by Gasteiger charge is -1.94. The molecule has 0 aromatic heterocycles. The summed E-state index contributed by atoms with van der Waals surface area (Å²) in [6.45, 7) is 0. The second-order valence-corrected chi connectivity index (χ2v) is 2.21. The lowest BCUT2D eigenvalue weighted by atomic mass is 10.2. The van der Waals surface area contributed by atoms with Crippen LogP contribution >= 0.6 is 0 Å². The van der Waals surface area contributed by atoms with Crippen LogP contribution in [0.2, 0.25) is 0 Å². The summed E-state index contributed by atoms with van der Waals surface area (Å²) in [6, 6.07) is 1.84. The van der Waals surface area contributed by atoms with E-state index in [9.17, 15) is 4.39 Å². The molecule has 0 amide bonds. The van der Waals surface area contributed by atoms with Gasteiger partial charge in [0.25, 0.3) is 0 Å². The third-order valence-electron chi connectivity index (χ3n) is 1.58. The van der Waals surface area contributed by atoms with Crippen molar-refractivity contribution in [2.45, 2.75) is 25.4 Å². The summed E-state index contributed by atoms with van der Waals surface area (Å²) in [6.07, 6.45) is 2.78. The number of hydrogen-bond acceptors (Lipinski definition) is 1. The zero-order valence-corrected chi connectivity index (χ0v) is 5.10. The van der Waals surface area contributed by atoms with E-state index in [1.54, 1.807) is 0 Å². The van der Waals surface area contributed by atoms with Crippen molar-refractivity contribution in [1.82, 2.24) is 0 Å². The Balaban J connectivity index is 2.62. The molecule has 0 aliphatic heterocycles. The molecule has 48 valence electrons. The first kappa shape index (κ1) is 6.28. The Labute approximate surface area is 53.8 Å². The Morgan fingerprint density at radius 2 is 2.56 bits per heavy atom. The molecule has 0 spiro atoms. The highest BCUT2D eigenvalue weighted by molar-refractivity contribution is 5.20. The van der Waals surface area contributed by atoms with E-state index in [2.05, 4.69) is 0 Å². The number of nitrogens with zero attached hydrogens (tertiary/aromatic N) is 1. The zero-order valence-electron chi connectivity index (χ0n) is 5.10. The molecule has 2 heteroatoms. The van der Waals surface area contributed by atoms with Crippen molar-refractivity contribution in [3.63, 3.8) is 0 Å². The predicted octanol–water partition coefficient (Wildman–Crippen LogP) is 1.96. The normalized spacial score (nSPS) is 30.7. The lowest BCUT2D eigenvalue weighted by Crippen LogP contribution is -1.92. The molecule has 1 atom stereocenters. The third-order valence-corrected chi connectivity index (χ3v) is 1.58. The highest BCUT2D eigenvalue weighted by atomic mass is 19.1. The molecule has 0 aromatic rings. The van der Waals surface area contributed by atoms with Crippen LogP contribution in [0.4, 0.5) is 4.39 Å². The van der Waals surface area contributed by atoms with Crippen molar-refractivity contribution in [3.8, 4) is 6.07 Å². The fourth-order valence-corrected chi connectivity index (χ4v) is 1.07. The van der Waals surface area contributed by atoms with E-state index in [1.165, 1.54) is 6.08 Å². The maximum Gasteiger partial charge on any atom is 0.122 e. The fourth-order valence-electron chi connectivity index (χ4n) is 1.07. The Morgan fingerprint density at radius 3 is 3.00 bits per heavy atom. The first-order valence-electron chi connectivity index (χ1n) is 3.07. The van der Waals surface area contributed by atoms with E-state index in [4.69, 9.17) is 5.26 Å². The number of halogens is 1. The molecule has 0 saturated heterocycles. The number of allylic oxidation sites excluding steroid dienone is 2. The van der Waals surface area contributed by atoms with Gasteiger partial charge in [-0.15, -0.1) is 0 Å². The first-order chi connectivity index (χ1) is 4.34. The Morgan fingerprint density at radius 1 is 1.78 bits per heavy atom. The van der Waals surface area contributed by atoms with Gasteiger partial charge in [0, 0.05) is 6.08 Å². The molecule has 0 aromatic carbocycles. The summed E-state index contributed by atoms with van der Waals surface area (Å²) in [4.78, 5) is 0. The van der Waals surface area contributed by atoms with Crippen LogP contribution in [0.5, 0.6) is 0 Å². The van der Waals surface area contributed by atoms with Crippen LogP contribution in [0.1, 0.15) is 19.3 Å². The highest BCUT2D eigenvalue weighted by Gasteiger charge is 2.18. The Bertz CT molecular complexity index is 166. The molecular formula is C7H8FN. The smallest absolute Gasteiger partial charge is 0.122 e. The standard InChI is InChI=1S/C7H8FN/c8-7-3-1-2-6(7)4-5-9/h4,7H,1-3H2/b6-4+. The van der Waals surface area contributed by atoms with E-state index >= 15 is 0 Å². The summed E-state index contributed by atoms with van der Waals surface area (Å²) in [5.74, 6) is 0. The summed E-state index contributed by atoms with van der Waals surface area (Å²) >= 11 is 0. The van der Waals surface area contributed by atoms with E-state index < -0.39 is 6.17 Å². The third kappa shape index (κ3) is 1.29. The minimum Gasteiger partial charge on any atom is -0.243 e. The molecular weight excluding hydrogens is 117 g/mol. The average Bonchev–Trinajstić information content (AvgIpc) is 2.18. The molecule has 1 fully saturated rings. The Hall–Kier alpha value is -0.840. The molecule has 0 bridgehead atoms. The van der Waals surface area contributed by atoms with Crippen LogP contribution in [0.3, 0.4) is 0 Å². The van der Waals surface area contributed by atoms with Gasteiger partial charge in [-0.1, -0.05) is 0 Å². The van der Waals surface area contributed by atoms with Gasteiger partial charge in [0.1, 0.15) is 6.17 Å². The summed E-state index contributed by atoms with van der Waals surface area (Å²) in [5, 5.41) is 8.15. The molecule has 1 unspecified atom stereocenters. The Kier molecular flexibility index (Phi) is 1.84. The van der Waals surface area contributed by atoms with E-state index in [-0.39, 0.29) is 0 Å². The fraction of sp³-hybridized carbons (Fsp3) is 0.571. The van der Waals surface area contributed by atoms with Gasteiger partial charge >= 0.3 is 0 Å². The van der Waals surface area contributed by atoms with Crippen LogP contribution in [0, 0.1) is 11.3 Å². The van der Waals surface area contributed by atoms with Gasteiger partial charge in [0.05, 0.1) is 6.07 Å². The number of hydrogen-bond donors (Lipinski definition) is 0.